The summed E-state index contributed by atoms with van der Waals surface area (Å²) in [6, 6.07) is 0. The molecule has 0 spiro atoms. The summed E-state index contributed by atoms with van der Waals surface area (Å²) >= 11 is 0. The van der Waals surface area contributed by atoms with Crippen molar-refractivity contribution in [3.63, 3.8) is 0 Å². The van der Waals surface area contributed by atoms with Crippen molar-refractivity contribution in [2.75, 3.05) is 7.11 Å². The highest BCUT2D eigenvalue weighted by atomic mass is 16.5. The first-order valence-electron chi connectivity index (χ1n) is 6.48. The van der Waals surface area contributed by atoms with Crippen LogP contribution in [0.25, 0.3) is 0 Å². The first kappa shape index (κ1) is 15.4. The van der Waals surface area contributed by atoms with Gasteiger partial charge in [-0.3, -0.25) is 9.59 Å². The van der Waals surface area contributed by atoms with E-state index in [4.69, 9.17) is 0 Å². The van der Waals surface area contributed by atoms with Gasteiger partial charge in [0, 0.05) is 12.0 Å². The molecular weight excluding hydrogens is 240 g/mol. The number of hydrogen-bond acceptors (Lipinski definition) is 3. The zero-order valence-electron chi connectivity index (χ0n) is 12.6. The van der Waals surface area contributed by atoms with Crippen molar-refractivity contribution in [2.24, 2.45) is 0 Å². The van der Waals surface area contributed by atoms with Crippen molar-refractivity contribution in [1.82, 2.24) is 0 Å². The summed E-state index contributed by atoms with van der Waals surface area (Å²) in [6.07, 6.45) is 0.344. The quantitative estimate of drug-likeness (QED) is 0.617. The van der Waals surface area contributed by atoms with Gasteiger partial charge in [0.1, 0.15) is 0 Å². The van der Waals surface area contributed by atoms with Crippen LogP contribution in [0.3, 0.4) is 0 Å². The third-order valence-electron chi connectivity index (χ3n) is 4.06. The van der Waals surface area contributed by atoms with Crippen LogP contribution in [0.2, 0.25) is 0 Å². The van der Waals surface area contributed by atoms with E-state index in [1.807, 2.05) is 27.7 Å². The molecule has 3 heteroatoms. The van der Waals surface area contributed by atoms with Gasteiger partial charge in [-0.15, -0.1) is 0 Å². The van der Waals surface area contributed by atoms with Gasteiger partial charge in [0.15, 0.2) is 5.78 Å². The van der Waals surface area contributed by atoms with E-state index in [0.717, 1.165) is 27.8 Å². The van der Waals surface area contributed by atoms with Crippen LogP contribution in [-0.2, 0) is 9.53 Å². The summed E-state index contributed by atoms with van der Waals surface area (Å²) in [7, 11) is 1.34. The molecule has 104 valence electrons. The lowest BCUT2D eigenvalue weighted by molar-refractivity contribution is -0.140. The number of hydrogen-bond donors (Lipinski definition) is 0. The molecule has 0 heterocycles. The number of benzene rings is 1. The molecular formula is C16H22O3. The molecule has 1 aromatic rings. The zero-order valence-corrected chi connectivity index (χ0v) is 12.6. The van der Waals surface area contributed by atoms with Crippen molar-refractivity contribution < 1.29 is 14.3 Å². The molecule has 0 saturated carbocycles. The second-order valence-electron chi connectivity index (χ2n) is 5.00. The Kier molecular flexibility index (Phi) is 4.87. The molecule has 0 atom stereocenters. The topological polar surface area (TPSA) is 43.4 Å². The van der Waals surface area contributed by atoms with E-state index >= 15 is 0 Å². The smallest absolute Gasteiger partial charge is 0.305 e. The number of rotatable bonds is 4. The predicted molar refractivity (Wildman–Crippen MR) is 75.7 cm³/mol. The fourth-order valence-corrected chi connectivity index (χ4v) is 2.36. The van der Waals surface area contributed by atoms with E-state index in [1.165, 1.54) is 12.7 Å². The maximum Gasteiger partial charge on any atom is 0.305 e. The van der Waals surface area contributed by atoms with Gasteiger partial charge < -0.3 is 4.74 Å². The largest absolute Gasteiger partial charge is 0.469 e. The van der Waals surface area contributed by atoms with Crippen LogP contribution in [0, 0.1) is 34.6 Å². The Balaban J connectivity index is 3.14. The summed E-state index contributed by atoms with van der Waals surface area (Å²) < 4.78 is 4.57. The molecule has 0 saturated heterocycles. The minimum absolute atomic E-state index is 0.0200. The van der Waals surface area contributed by atoms with Crippen molar-refractivity contribution >= 4 is 11.8 Å². The normalized spacial score (nSPS) is 10.4. The first-order valence-corrected chi connectivity index (χ1v) is 6.48. The van der Waals surface area contributed by atoms with Crippen LogP contribution < -0.4 is 0 Å². The third kappa shape index (κ3) is 3.03. The number of Topliss-reactive ketones (excluding diaryl/α,β-unsaturated/α-hetero) is 1. The summed E-state index contributed by atoms with van der Waals surface area (Å²) in [6.45, 7) is 10.1. The minimum atomic E-state index is -0.343. The lowest BCUT2D eigenvalue weighted by Crippen LogP contribution is -2.11. The predicted octanol–water partition coefficient (Wildman–Crippen LogP) is 3.36. The molecule has 0 aliphatic rings. The third-order valence-corrected chi connectivity index (χ3v) is 4.06. The summed E-state index contributed by atoms with van der Waals surface area (Å²) in [4.78, 5) is 23.4. The molecule has 0 unspecified atom stereocenters. The second-order valence-corrected chi connectivity index (χ2v) is 5.00. The van der Waals surface area contributed by atoms with Crippen LogP contribution in [0.15, 0.2) is 0 Å². The number of ketones is 1. The highest BCUT2D eigenvalue weighted by molar-refractivity contribution is 6.00. The average molecular weight is 262 g/mol. The van der Waals surface area contributed by atoms with Crippen molar-refractivity contribution in [2.45, 2.75) is 47.5 Å². The number of esters is 1. The van der Waals surface area contributed by atoms with E-state index in [1.54, 1.807) is 0 Å². The number of carbonyl (C=O) groups is 2. The zero-order chi connectivity index (χ0) is 14.7. The van der Waals surface area contributed by atoms with Gasteiger partial charge >= 0.3 is 5.97 Å². The lowest BCUT2D eigenvalue weighted by Gasteiger charge is -2.17. The van der Waals surface area contributed by atoms with Gasteiger partial charge in [0.2, 0.25) is 0 Å². The molecule has 0 fully saturated rings. The molecule has 0 aliphatic carbocycles. The highest BCUT2D eigenvalue weighted by Crippen LogP contribution is 2.27. The molecule has 0 aliphatic heterocycles. The van der Waals surface area contributed by atoms with Crippen LogP contribution >= 0.6 is 0 Å². The molecule has 0 amide bonds. The Morgan fingerprint density at radius 2 is 1.21 bits per heavy atom. The van der Waals surface area contributed by atoms with Gasteiger partial charge in [-0.2, -0.15) is 0 Å². The van der Waals surface area contributed by atoms with E-state index in [2.05, 4.69) is 11.7 Å². The first-order chi connectivity index (χ1) is 8.81. The lowest BCUT2D eigenvalue weighted by atomic mass is 9.87. The van der Waals surface area contributed by atoms with E-state index < -0.39 is 0 Å². The standard InChI is InChI=1S/C16H22O3/c1-9-10(2)12(4)16(13(5)11(9)3)14(17)7-8-15(18)19-6/h7-8H2,1-6H3. The maximum absolute atomic E-state index is 12.3. The Morgan fingerprint density at radius 3 is 1.63 bits per heavy atom. The summed E-state index contributed by atoms with van der Waals surface area (Å²) in [5.74, 6) is -0.323. The monoisotopic (exact) mass is 262 g/mol. The van der Waals surface area contributed by atoms with Gasteiger partial charge in [-0.05, 0) is 62.4 Å². The molecule has 0 radical (unpaired) electrons. The Bertz CT molecular complexity index is 498. The average Bonchev–Trinajstić information content (AvgIpc) is 2.40. The Labute approximate surface area is 115 Å². The Hall–Kier alpha value is -1.64. The number of methoxy groups -OCH3 is 1. The Morgan fingerprint density at radius 1 is 0.789 bits per heavy atom. The maximum atomic E-state index is 12.3. The molecule has 0 N–H and O–H groups in total. The van der Waals surface area contributed by atoms with E-state index in [0.29, 0.717) is 0 Å². The van der Waals surface area contributed by atoms with Crippen molar-refractivity contribution in [3.05, 3.63) is 33.4 Å². The van der Waals surface area contributed by atoms with Crippen LogP contribution in [0.1, 0.15) is 51.0 Å². The molecule has 0 aromatic heterocycles. The van der Waals surface area contributed by atoms with Gasteiger partial charge in [0.05, 0.1) is 13.5 Å². The highest BCUT2D eigenvalue weighted by Gasteiger charge is 2.18. The van der Waals surface area contributed by atoms with E-state index in [9.17, 15) is 9.59 Å². The van der Waals surface area contributed by atoms with Crippen LogP contribution in [0.5, 0.6) is 0 Å². The second kappa shape index (κ2) is 6.00. The van der Waals surface area contributed by atoms with Crippen LogP contribution in [-0.4, -0.2) is 18.9 Å². The minimum Gasteiger partial charge on any atom is -0.469 e. The van der Waals surface area contributed by atoms with Crippen LogP contribution in [0.4, 0.5) is 0 Å². The van der Waals surface area contributed by atoms with Gasteiger partial charge in [-0.1, -0.05) is 0 Å². The van der Waals surface area contributed by atoms with Gasteiger partial charge in [-0.25, -0.2) is 0 Å². The molecule has 3 nitrogen and oxygen atoms in total. The fraction of sp³-hybridized carbons (Fsp3) is 0.500. The van der Waals surface area contributed by atoms with Crippen molar-refractivity contribution in [1.29, 1.82) is 0 Å². The summed E-state index contributed by atoms with van der Waals surface area (Å²) in [5, 5.41) is 0. The fourth-order valence-electron chi connectivity index (χ4n) is 2.36. The molecule has 1 aromatic carbocycles. The SMILES string of the molecule is COC(=O)CCC(=O)c1c(C)c(C)c(C)c(C)c1C. The van der Waals surface area contributed by atoms with Gasteiger partial charge in [0.25, 0.3) is 0 Å². The summed E-state index contributed by atoms with van der Waals surface area (Å²) in [5.41, 5.74) is 6.36. The number of ether oxygens (including phenoxy) is 1. The molecule has 0 bridgehead atoms. The van der Waals surface area contributed by atoms with Crippen molar-refractivity contribution in [3.8, 4) is 0 Å². The number of carbonyl (C=O) groups excluding carboxylic acids is 2. The molecule has 1 rings (SSSR count). The van der Waals surface area contributed by atoms with E-state index in [-0.39, 0.29) is 24.6 Å². The molecule has 19 heavy (non-hydrogen) atoms.